The van der Waals surface area contributed by atoms with E-state index in [4.69, 9.17) is 5.73 Å². The van der Waals surface area contributed by atoms with Crippen molar-refractivity contribution in [3.05, 3.63) is 58.9 Å². The van der Waals surface area contributed by atoms with Crippen molar-refractivity contribution in [3.8, 4) is 11.1 Å². The molecule has 33 heavy (non-hydrogen) atoms. The number of carbonyl (C=O) groups excluding carboxylic acids is 2. The minimum Gasteiger partial charge on any atom is -0.368 e. The van der Waals surface area contributed by atoms with E-state index < -0.39 is 5.91 Å². The summed E-state index contributed by atoms with van der Waals surface area (Å²) in [5, 5.41) is 10.9. The van der Waals surface area contributed by atoms with Crippen LogP contribution in [0.25, 0.3) is 28.1 Å². The molecular formula is C23H21ClFN5O2S. The van der Waals surface area contributed by atoms with E-state index in [2.05, 4.69) is 15.5 Å². The molecule has 2 aliphatic heterocycles. The van der Waals surface area contributed by atoms with Gasteiger partial charge in [-0.2, -0.15) is 10.2 Å². The number of rotatable bonds is 3. The van der Waals surface area contributed by atoms with Gasteiger partial charge in [0.15, 0.2) is 0 Å². The third kappa shape index (κ3) is 4.71. The molecule has 0 aliphatic carbocycles. The molecule has 3 N–H and O–H groups in total. The molecule has 1 atom stereocenters. The number of amides is 2. The second-order valence-electron chi connectivity index (χ2n) is 7.90. The Balaban J connectivity index is 0.00000259. The highest BCUT2D eigenvalue weighted by atomic mass is 35.5. The lowest BCUT2D eigenvalue weighted by Gasteiger charge is -2.32. The van der Waals surface area contributed by atoms with Crippen LogP contribution in [0.5, 0.6) is 0 Å². The van der Waals surface area contributed by atoms with Crippen LogP contribution in [-0.4, -0.2) is 40.5 Å². The second-order valence-corrected chi connectivity index (χ2v) is 8.92. The summed E-state index contributed by atoms with van der Waals surface area (Å²) in [5.41, 5.74) is 9.40. The third-order valence-electron chi connectivity index (χ3n) is 5.66. The van der Waals surface area contributed by atoms with E-state index in [1.165, 1.54) is 6.07 Å². The molecule has 0 bridgehead atoms. The molecule has 0 unspecified atom stereocenters. The van der Waals surface area contributed by atoms with Crippen molar-refractivity contribution in [2.24, 2.45) is 5.73 Å². The Bertz CT molecular complexity index is 1280. The van der Waals surface area contributed by atoms with Gasteiger partial charge in [-0.25, -0.2) is 4.39 Å². The number of nitrogens with zero attached hydrogens (tertiary/aromatic N) is 3. The first-order valence-corrected chi connectivity index (χ1v) is 11.1. The highest BCUT2D eigenvalue weighted by molar-refractivity contribution is 8.18. The van der Waals surface area contributed by atoms with Crippen molar-refractivity contribution in [2.45, 2.75) is 18.9 Å². The van der Waals surface area contributed by atoms with Gasteiger partial charge in [-0.1, -0.05) is 12.1 Å². The zero-order chi connectivity index (χ0) is 22.2. The van der Waals surface area contributed by atoms with Crippen LogP contribution in [0.2, 0.25) is 0 Å². The lowest BCUT2D eigenvalue weighted by atomic mass is 9.99. The number of fused-ring (bicyclic) bond motifs is 1. The van der Waals surface area contributed by atoms with Crippen LogP contribution in [0.3, 0.4) is 0 Å². The highest BCUT2D eigenvalue weighted by Crippen LogP contribution is 2.33. The van der Waals surface area contributed by atoms with E-state index in [-0.39, 0.29) is 29.5 Å². The zero-order valence-corrected chi connectivity index (χ0v) is 19.1. The summed E-state index contributed by atoms with van der Waals surface area (Å²) in [7, 11) is 0. The molecule has 170 valence electrons. The van der Waals surface area contributed by atoms with Crippen LogP contribution in [-0.2, 0) is 4.79 Å². The molecule has 0 radical (unpaired) electrons. The fourth-order valence-corrected chi connectivity index (χ4v) is 4.81. The highest BCUT2D eigenvalue weighted by Gasteiger charge is 2.25. The summed E-state index contributed by atoms with van der Waals surface area (Å²) in [4.78, 5) is 25.6. The molecule has 2 fully saturated rings. The lowest BCUT2D eigenvalue weighted by molar-refractivity contribution is -0.115. The maximum Gasteiger partial charge on any atom is 0.290 e. The normalized spacial score (nSPS) is 19.6. The van der Waals surface area contributed by atoms with Gasteiger partial charge >= 0.3 is 0 Å². The summed E-state index contributed by atoms with van der Waals surface area (Å²) < 4.78 is 15.1. The zero-order valence-electron chi connectivity index (χ0n) is 17.5. The Kier molecular flexibility index (Phi) is 6.64. The van der Waals surface area contributed by atoms with Gasteiger partial charge in [-0.3, -0.25) is 14.9 Å². The molecule has 3 heterocycles. The standard InChI is InChI=1S/C23H20FN5O2S.ClH/c24-18-10-14(4-6-20(18)29-7-1-2-15(25)12-29)17-11-26-28-19-5-3-13(8-16(17)19)9-21-22(30)27-23(31)32-21;/h3-6,8-11,15H,1-2,7,12,25H2,(H,27,30,31);1H/t15-;/m1./s1. The fraction of sp³-hybridized carbons (Fsp3) is 0.217. The van der Waals surface area contributed by atoms with Gasteiger partial charge in [-0.15, -0.1) is 12.4 Å². The summed E-state index contributed by atoms with van der Waals surface area (Å²) in [6, 6.07) is 10.7. The summed E-state index contributed by atoms with van der Waals surface area (Å²) >= 11 is 0.862. The number of aromatic nitrogens is 2. The molecule has 0 spiro atoms. The molecule has 5 rings (SSSR count). The Morgan fingerprint density at radius 3 is 2.79 bits per heavy atom. The topological polar surface area (TPSA) is 101 Å². The van der Waals surface area contributed by atoms with Crippen molar-refractivity contribution >= 4 is 58.0 Å². The predicted molar refractivity (Wildman–Crippen MR) is 131 cm³/mol. The molecular weight excluding hydrogens is 465 g/mol. The molecule has 2 saturated heterocycles. The number of anilines is 1. The van der Waals surface area contributed by atoms with E-state index in [1.807, 2.05) is 17.0 Å². The molecule has 2 amide bonds. The van der Waals surface area contributed by atoms with Gasteiger partial charge < -0.3 is 10.6 Å². The minimum atomic E-state index is -0.414. The molecule has 2 aromatic carbocycles. The van der Waals surface area contributed by atoms with Crippen LogP contribution >= 0.6 is 24.2 Å². The first kappa shape index (κ1) is 23.2. The molecule has 10 heteroatoms. The molecule has 3 aromatic rings. The predicted octanol–water partition coefficient (Wildman–Crippen LogP) is 4.11. The summed E-state index contributed by atoms with van der Waals surface area (Å²) in [6.07, 6.45) is 5.15. The van der Waals surface area contributed by atoms with Gasteiger partial charge in [-0.05, 0) is 66.1 Å². The molecule has 2 aliphatic rings. The fourth-order valence-electron chi connectivity index (χ4n) is 4.13. The SMILES string of the molecule is Cl.N[C@@H]1CCCN(c2ccc(-c3cnnc4ccc(C=C5SC(=O)NC5=O)cc34)cc2F)C1. The number of halogens is 2. The van der Waals surface area contributed by atoms with Gasteiger partial charge in [0.25, 0.3) is 11.1 Å². The van der Waals surface area contributed by atoms with Crippen LogP contribution in [0.4, 0.5) is 14.9 Å². The summed E-state index contributed by atoms with van der Waals surface area (Å²) in [6.45, 7) is 1.43. The van der Waals surface area contributed by atoms with Gasteiger partial charge in [0, 0.05) is 30.1 Å². The first-order valence-electron chi connectivity index (χ1n) is 10.3. The van der Waals surface area contributed by atoms with E-state index >= 15 is 4.39 Å². The van der Waals surface area contributed by atoms with Gasteiger partial charge in [0.05, 0.1) is 22.3 Å². The van der Waals surface area contributed by atoms with Crippen LogP contribution < -0.4 is 16.0 Å². The van der Waals surface area contributed by atoms with Crippen molar-refractivity contribution in [3.63, 3.8) is 0 Å². The number of nitrogens with two attached hydrogens (primary N) is 1. The quantitative estimate of drug-likeness (QED) is 0.538. The number of nitrogens with one attached hydrogen (secondary N) is 1. The largest absolute Gasteiger partial charge is 0.368 e. The van der Waals surface area contributed by atoms with Gasteiger partial charge in [0.1, 0.15) is 5.82 Å². The second kappa shape index (κ2) is 9.46. The van der Waals surface area contributed by atoms with Crippen molar-refractivity contribution in [1.82, 2.24) is 15.5 Å². The number of imide groups is 1. The number of thioether (sulfide) groups is 1. The van der Waals surface area contributed by atoms with Crippen molar-refractivity contribution in [2.75, 3.05) is 18.0 Å². The number of benzene rings is 2. The Labute approximate surface area is 200 Å². The smallest absolute Gasteiger partial charge is 0.290 e. The maximum atomic E-state index is 15.1. The third-order valence-corrected chi connectivity index (χ3v) is 6.47. The first-order chi connectivity index (χ1) is 15.5. The number of hydrogen-bond donors (Lipinski definition) is 2. The van der Waals surface area contributed by atoms with E-state index in [0.717, 1.165) is 47.7 Å². The maximum absolute atomic E-state index is 15.1. The van der Waals surface area contributed by atoms with Crippen LogP contribution in [0.1, 0.15) is 18.4 Å². The van der Waals surface area contributed by atoms with E-state index in [0.29, 0.717) is 28.2 Å². The Hall–Kier alpha value is -3.01. The molecule has 7 nitrogen and oxygen atoms in total. The van der Waals surface area contributed by atoms with Crippen LogP contribution in [0, 0.1) is 5.82 Å². The minimum absolute atomic E-state index is 0. The Morgan fingerprint density at radius 1 is 1.21 bits per heavy atom. The average Bonchev–Trinajstić information content (AvgIpc) is 3.09. The molecule has 0 saturated carbocycles. The number of carbonyl (C=O) groups is 2. The van der Waals surface area contributed by atoms with Crippen LogP contribution in [0.15, 0.2) is 47.5 Å². The van der Waals surface area contributed by atoms with Crippen molar-refractivity contribution in [1.29, 1.82) is 0 Å². The van der Waals surface area contributed by atoms with Gasteiger partial charge in [0.2, 0.25) is 0 Å². The summed E-state index contributed by atoms with van der Waals surface area (Å²) in [5.74, 6) is -0.722. The Morgan fingerprint density at radius 2 is 2.06 bits per heavy atom. The van der Waals surface area contributed by atoms with E-state index in [9.17, 15) is 9.59 Å². The number of piperidine rings is 1. The van der Waals surface area contributed by atoms with E-state index in [1.54, 1.807) is 30.5 Å². The monoisotopic (exact) mass is 485 g/mol. The lowest BCUT2D eigenvalue weighted by Crippen LogP contribution is -2.43. The average molecular weight is 486 g/mol. The molecule has 1 aromatic heterocycles. The van der Waals surface area contributed by atoms with Crippen molar-refractivity contribution < 1.29 is 14.0 Å². The number of hydrogen-bond acceptors (Lipinski definition) is 7.